The molecule has 0 aliphatic rings. The van der Waals surface area contributed by atoms with Gasteiger partial charge < -0.3 is 8.98 Å². The molecule has 0 atom stereocenters. The van der Waals surface area contributed by atoms with Crippen LogP contribution in [0.4, 0.5) is 0 Å². The first-order chi connectivity index (χ1) is 28.2. The van der Waals surface area contributed by atoms with Crippen LogP contribution in [0.15, 0.2) is 199 Å². The SMILES string of the molecule is c1ccc(-c2ccc(-c3nc(Cc4ccccc4-n4c5ccccc5c5ccc(-c6cccc7c6oc6ccccc67)cc54)nc(-c4ccccc4)n3)cc2)cc1. The molecule has 0 saturated heterocycles. The molecular weight excluding hydrogens is 697 g/mol. The maximum absolute atomic E-state index is 6.49. The molecule has 5 nitrogen and oxygen atoms in total. The average Bonchev–Trinajstić information content (AvgIpc) is 3.83. The summed E-state index contributed by atoms with van der Waals surface area (Å²) in [5.41, 5.74) is 12.6. The van der Waals surface area contributed by atoms with E-state index in [4.69, 9.17) is 19.4 Å². The molecule has 0 aliphatic carbocycles. The molecule has 0 N–H and O–H groups in total. The standard InChI is InChI=1S/C52H34N4O/c1-3-14-34(15-4-1)35-26-28-37(29-27-35)52-54-49(53-51(55-52)36-16-5-2-6-17-36)33-39-18-7-10-23-45(39)56-46-24-11-8-19-41(46)42-31-30-38(32-47(42)56)40-21-13-22-44-43-20-9-12-25-48(43)57-50(40)44/h1-32H,33H2. The Labute approximate surface area is 329 Å². The van der Waals surface area contributed by atoms with Crippen LogP contribution in [0, 0.1) is 0 Å². The lowest BCUT2D eigenvalue weighted by Gasteiger charge is -2.15. The van der Waals surface area contributed by atoms with Crippen LogP contribution in [0.3, 0.4) is 0 Å². The highest BCUT2D eigenvalue weighted by atomic mass is 16.3. The number of para-hydroxylation sites is 4. The molecule has 11 rings (SSSR count). The van der Waals surface area contributed by atoms with Gasteiger partial charge in [-0.2, -0.15) is 0 Å². The van der Waals surface area contributed by atoms with E-state index in [0.717, 1.165) is 72.0 Å². The summed E-state index contributed by atoms with van der Waals surface area (Å²) in [5, 5.41) is 4.63. The van der Waals surface area contributed by atoms with Crippen LogP contribution < -0.4 is 0 Å². The normalized spacial score (nSPS) is 11.6. The molecule has 268 valence electrons. The molecule has 0 spiro atoms. The first kappa shape index (κ1) is 32.8. The van der Waals surface area contributed by atoms with Crippen LogP contribution in [0.25, 0.3) is 94.5 Å². The minimum atomic E-state index is 0.514. The van der Waals surface area contributed by atoms with E-state index < -0.39 is 0 Å². The molecule has 8 aromatic carbocycles. The molecule has 3 aromatic heterocycles. The predicted molar refractivity (Wildman–Crippen MR) is 232 cm³/mol. The van der Waals surface area contributed by atoms with E-state index in [9.17, 15) is 0 Å². The molecule has 0 amide bonds. The molecular formula is C52H34N4O. The highest BCUT2D eigenvalue weighted by molar-refractivity contribution is 6.13. The van der Waals surface area contributed by atoms with E-state index in [1.165, 1.54) is 16.3 Å². The van der Waals surface area contributed by atoms with Crippen LogP contribution in [0.5, 0.6) is 0 Å². The third-order valence-electron chi connectivity index (χ3n) is 10.9. The molecule has 5 heteroatoms. The van der Waals surface area contributed by atoms with Crippen molar-refractivity contribution in [3.05, 3.63) is 206 Å². The molecule has 0 bridgehead atoms. The molecule has 0 fully saturated rings. The number of hydrogen-bond donors (Lipinski definition) is 0. The van der Waals surface area contributed by atoms with Gasteiger partial charge in [-0.3, -0.25) is 0 Å². The maximum atomic E-state index is 6.49. The third-order valence-corrected chi connectivity index (χ3v) is 10.9. The smallest absolute Gasteiger partial charge is 0.163 e. The highest BCUT2D eigenvalue weighted by Crippen LogP contribution is 2.40. The zero-order chi connectivity index (χ0) is 37.7. The summed E-state index contributed by atoms with van der Waals surface area (Å²) in [4.78, 5) is 15.2. The monoisotopic (exact) mass is 730 g/mol. The van der Waals surface area contributed by atoms with E-state index in [1.807, 2.05) is 36.4 Å². The number of fused-ring (bicyclic) bond motifs is 6. The maximum Gasteiger partial charge on any atom is 0.163 e. The van der Waals surface area contributed by atoms with E-state index in [1.54, 1.807) is 0 Å². The van der Waals surface area contributed by atoms with E-state index in [0.29, 0.717) is 23.9 Å². The average molecular weight is 731 g/mol. The lowest BCUT2D eigenvalue weighted by Crippen LogP contribution is -2.06. The Balaban J connectivity index is 1.05. The highest BCUT2D eigenvalue weighted by Gasteiger charge is 2.19. The Kier molecular flexibility index (Phi) is 7.81. The molecule has 0 saturated carbocycles. The van der Waals surface area contributed by atoms with Crippen molar-refractivity contribution in [1.82, 2.24) is 19.5 Å². The van der Waals surface area contributed by atoms with Crippen molar-refractivity contribution >= 4 is 43.7 Å². The molecule has 3 heterocycles. The molecule has 0 aliphatic heterocycles. The van der Waals surface area contributed by atoms with Gasteiger partial charge in [0.25, 0.3) is 0 Å². The number of hydrogen-bond acceptors (Lipinski definition) is 4. The Morgan fingerprint density at radius 1 is 0.404 bits per heavy atom. The fourth-order valence-electron chi connectivity index (χ4n) is 8.21. The van der Waals surface area contributed by atoms with E-state index in [-0.39, 0.29) is 0 Å². The number of nitrogens with zero attached hydrogens (tertiary/aromatic N) is 4. The summed E-state index contributed by atoms with van der Waals surface area (Å²) in [7, 11) is 0. The molecule has 57 heavy (non-hydrogen) atoms. The largest absolute Gasteiger partial charge is 0.455 e. The number of furan rings is 1. The van der Waals surface area contributed by atoms with Gasteiger partial charge in [0, 0.05) is 50.3 Å². The summed E-state index contributed by atoms with van der Waals surface area (Å²) in [6.45, 7) is 0. The van der Waals surface area contributed by atoms with Crippen molar-refractivity contribution in [2.75, 3.05) is 0 Å². The van der Waals surface area contributed by atoms with Crippen LogP contribution in [0.1, 0.15) is 11.4 Å². The van der Waals surface area contributed by atoms with Crippen molar-refractivity contribution in [2.45, 2.75) is 6.42 Å². The van der Waals surface area contributed by atoms with Gasteiger partial charge in [0.1, 0.15) is 17.0 Å². The van der Waals surface area contributed by atoms with Gasteiger partial charge in [-0.25, -0.2) is 15.0 Å². The Morgan fingerprint density at radius 3 is 1.79 bits per heavy atom. The number of aromatic nitrogens is 4. The second-order valence-corrected chi connectivity index (χ2v) is 14.4. The second kappa shape index (κ2) is 13.6. The van der Waals surface area contributed by atoms with Crippen LogP contribution in [0.2, 0.25) is 0 Å². The zero-order valence-corrected chi connectivity index (χ0v) is 30.9. The fraction of sp³-hybridized carbons (Fsp3) is 0.0192. The molecule has 11 aromatic rings. The van der Waals surface area contributed by atoms with Crippen molar-refractivity contribution in [2.24, 2.45) is 0 Å². The number of rotatable bonds is 7. The summed E-state index contributed by atoms with van der Waals surface area (Å²) < 4.78 is 8.89. The quantitative estimate of drug-likeness (QED) is 0.164. The molecule has 0 unspecified atom stereocenters. The van der Waals surface area contributed by atoms with Crippen LogP contribution in [-0.2, 0) is 6.42 Å². The second-order valence-electron chi connectivity index (χ2n) is 14.4. The van der Waals surface area contributed by atoms with E-state index in [2.05, 4.69) is 162 Å². The summed E-state index contributed by atoms with van der Waals surface area (Å²) >= 11 is 0. The third kappa shape index (κ3) is 5.76. The van der Waals surface area contributed by atoms with Crippen molar-refractivity contribution in [3.8, 4) is 50.7 Å². The van der Waals surface area contributed by atoms with Crippen LogP contribution in [-0.4, -0.2) is 19.5 Å². The van der Waals surface area contributed by atoms with Gasteiger partial charge in [-0.1, -0.05) is 170 Å². The topological polar surface area (TPSA) is 56.7 Å². The van der Waals surface area contributed by atoms with E-state index >= 15 is 0 Å². The van der Waals surface area contributed by atoms with Gasteiger partial charge >= 0.3 is 0 Å². The first-order valence-electron chi connectivity index (χ1n) is 19.2. The Morgan fingerprint density at radius 2 is 0.982 bits per heavy atom. The lowest BCUT2D eigenvalue weighted by atomic mass is 10.0. The van der Waals surface area contributed by atoms with Gasteiger partial charge in [-0.15, -0.1) is 0 Å². The van der Waals surface area contributed by atoms with Crippen molar-refractivity contribution in [1.29, 1.82) is 0 Å². The summed E-state index contributed by atoms with van der Waals surface area (Å²) in [5.74, 6) is 2.01. The Bertz CT molecular complexity index is 3260. The minimum absolute atomic E-state index is 0.514. The number of benzene rings is 8. The van der Waals surface area contributed by atoms with Crippen molar-refractivity contribution < 1.29 is 4.42 Å². The van der Waals surface area contributed by atoms with Gasteiger partial charge in [-0.05, 0) is 46.5 Å². The zero-order valence-electron chi connectivity index (χ0n) is 30.9. The fourth-order valence-corrected chi connectivity index (χ4v) is 8.21. The van der Waals surface area contributed by atoms with Gasteiger partial charge in [0.2, 0.25) is 0 Å². The molecule has 0 radical (unpaired) electrons. The van der Waals surface area contributed by atoms with Crippen LogP contribution >= 0.6 is 0 Å². The predicted octanol–water partition coefficient (Wildman–Crippen LogP) is 13.1. The Hall–Kier alpha value is -7.63. The summed E-state index contributed by atoms with van der Waals surface area (Å²) in [6.07, 6.45) is 0.514. The first-order valence-corrected chi connectivity index (χ1v) is 19.2. The van der Waals surface area contributed by atoms with Crippen molar-refractivity contribution in [3.63, 3.8) is 0 Å². The lowest BCUT2D eigenvalue weighted by molar-refractivity contribution is 0.670. The summed E-state index contributed by atoms with van der Waals surface area (Å²) in [6, 6.07) is 67.8. The minimum Gasteiger partial charge on any atom is -0.455 e. The van der Waals surface area contributed by atoms with Gasteiger partial charge in [0.05, 0.1) is 11.0 Å². The van der Waals surface area contributed by atoms with Gasteiger partial charge in [0.15, 0.2) is 11.6 Å².